The van der Waals surface area contributed by atoms with Gasteiger partial charge in [0.15, 0.2) is 0 Å². The summed E-state index contributed by atoms with van der Waals surface area (Å²) in [4.78, 5) is 34.6. The second-order valence-electron chi connectivity index (χ2n) is 6.88. The lowest BCUT2D eigenvalue weighted by atomic mass is 10.0. The van der Waals surface area contributed by atoms with E-state index in [0.29, 0.717) is 29.1 Å². The highest BCUT2D eigenvalue weighted by Gasteiger charge is 2.27. The van der Waals surface area contributed by atoms with Crippen LogP contribution in [0.4, 0.5) is 33.2 Å². The first kappa shape index (κ1) is 20.5. The van der Waals surface area contributed by atoms with Gasteiger partial charge >= 0.3 is 11.7 Å². The van der Waals surface area contributed by atoms with E-state index in [2.05, 4.69) is 10.5 Å². The van der Waals surface area contributed by atoms with E-state index in [9.17, 15) is 25.0 Å². The maximum absolute atomic E-state index is 12.3. The Morgan fingerprint density at radius 1 is 0.969 bits per heavy atom. The topological polar surface area (TPSA) is 157 Å². The maximum Gasteiger partial charge on any atom is 0.323 e. The van der Waals surface area contributed by atoms with Crippen LogP contribution in [0.25, 0.3) is 0 Å². The zero-order valence-electron chi connectivity index (χ0n) is 16.5. The van der Waals surface area contributed by atoms with Crippen LogP contribution >= 0.6 is 0 Å². The van der Waals surface area contributed by atoms with Crippen molar-refractivity contribution in [2.45, 2.75) is 6.42 Å². The van der Waals surface area contributed by atoms with Gasteiger partial charge in [0, 0.05) is 18.1 Å². The molecule has 0 saturated heterocycles. The van der Waals surface area contributed by atoms with Crippen LogP contribution < -0.4 is 16.1 Å². The number of nitrogens with two attached hydrogens (primary N) is 1. The van der Waals surface area contributed by atoms with Gasteiger partial charge in [0.2, 0.25) is 0 Å². The third kappa shape index (κ3) is 3.69. The molecular weight excluding hydrogens is 416 g/mol. The van der Waals surface area contributed by atoms with E-state index >= 15 is 0 Å². The molecule has 3 N–H and O–H groups in total. The summed E-state index contributed by atoms with van der Waals surface area (Å²) in [6.45, 7) is 0. The number of para-hydroxylation sites is 2. The quantitative estimate of drug-likeness (QED) is 0.467. The Bertz CT molecular complexity index is 1290. The van der Waals surface area contributed by atoms with E-state index in [1.54, 1.807) is 36.4 Å². The minimum Gasteiger partial charge on any atom is -0.351 e. The highest BCUT2D eigenvalue weighted by atomic mass is 16.6. The Labute approximate surface area is 181 Å². The van der Waals surface area contributed by atoms with Crippen molar-refractivity contribution in [2.24, 2.45) is 10.8 Å². The number of hydrogen-bond acceptors (Lipinski definition) is 7. The number of benzene rings is 3. The van der Waals surface area contributed by atoms with E-state index in [-0.39, 0.29) is 5.69 Å². The van der Waals surface area contributed by atoms with E-state index in [4.69, 9.17) is 5.73 Å². The number of anilines is 3. The molecule has 3 aromatic rings. The van der Waals surface area contributed by atoms with Gasteiger partial charge in [-0.25, -0.2) is 4.79 Å². The van der Waals surface area contributed by atoms with Crippen molar-refractivity contribution in [2.75, 3.05) is 10.3 Å². The lowest BCUT2D eigenvalue weighted by Gasteiger charge is -2.22. The highest BCUT2D eigenvalue weighted by Crippen LogP contribution is 2.36. The molecule has 160 valence electrons. The maximum atomic E-state index is 12.3. The monoisotopic (exact) mass is 432 g/mol. The molecule has 11 heteroatoms. The average molecular weight is 432 g/mol. The third-order valence-electron chi connectivity index (χ3n) is 4.97. The molecule has 1 heterocycles. The summed E-state index contributed by atoms with van der Waals surface area (Å²) < 4.78 is 0. The van der Waals surface area contributed by atoms with Crippen LogP contribution in [0.5, 0.6) is 0 Å². The number of nitro groups is 2. The van der Waals surface area contributed by atoms with Crippen molar-refractivity contribution in [3.8, 4) is 0 Å². The minimum atomic E-state index is -0.722. The van der Waals surface area contributed by atoms with E-state index in [1.165, 1.54) is 11.0 Å². The van der Waals surface area contributed by atoms with Crippen LogP contribution in [-0.2, 0) is 6.42 Å². The second kappa shape index (κ2) is 8.14. The predicted octanol–water partition coefficient (Wildman–Crippen LogP) is 4.09. The molecule has 32 heavy (non-hydrogen) atoms. The smallest absolute Gasteiger partial charge is 0.323 e. The molecule has 2 amide bonds. The Morgan fingerprint density at radius 2 is 1.66 bits per heavy atom. The molecule has 1 aliphatic rings. The summed E-state index contributed by atoms with van der Waals surface area (Å²) in [5.74, 6) is 0. The van der Waals surface area contributed by atoms with Crippen LogP contribution in [0.15, 0.2) is 71.8 Å². The fourth-order valence-corrected chi connectivity index (χ4v) is 3.54. The number of amides is 2. The van der Waals surface area contributed by atoms with Gasteiger partial charge in [-0.3, -0.25) is 30.6 Å². The van der Waals surface area contributed by atoms with Crippen molar-refractivity contribution in [1.82, 2.24) is 0 Å². The normalized spacial score (nSPS) is 13.6. The number of urea groups is 1. The van der Waals surface area contributed by atoms with E-state index in [1.807, 2.05) is 12.1 Å². The number of non-ortho nitro benzene ring substituents is 1. The second-order valence-corrected chi connectivity index (χ2v) is 6.88. The molecule has 0 aromatic heterocycles. The van der Waals surface area contributed by atoms with Crippen molar-refractivity contribution in [3.05, 3.63) is 98.1 Å². The molecule has 0 spiro atoms. The van der Waals surface area contributed by atoms with Gasteiger partial charge in [-0.2, -0.15) is 5.10 Å². The summed E-state index contributed by atoms with van der Waals surface area (Å²) >= 11 is 0. The van der Waals surface area contributed by atoms with Crippen LogP contribution in [0.3, 0.4) is 0 Å². The molecule has 0 saturated carbocycles. The molecule has 0 bridgehead atoms. The SMILES string of the molecule is NC(=O)N1c2ccccc2C/C(=N\Nc2ccc([N+](=O)[O-])cc2[N+](=O)[O-])c2ccccc21. The fourth-order valence-electron chi connectivity index (χ4n) is 3.54. The van der Waals surface area contributed by atoms with Gasteiger partial charge in [-0.1, -0.05) is 36.4 Å². The molecule has 4 rings (SSSR count). The summed E-state index contributed by atoms with van der Waals surface area (Å²) in [7, 11) is 0. The largest absolute Gasteiger partial charge is 0.351 e. The molecule has 0 aliphatic carbocycles. The number of nitrogens with one attached hydrogen (secondary N) is 1. The summed E-state index contributed by atoms with van der Waals surface area (Å²) in [5.41, 5.74) is 10.5. The Kier molecular flexibility index (Phi) is 5.21. The molecule has 3 aromatic carbocycles. The van der Waals surface area contributed by atoms with Crippen LogP contribution in [-0.4, -0.2) is 21.6 Å². The Balaban J connectivity index is 1.82. The first-order chi connectivity index (χ1) is 15.4. The summed E-state index contributed by atoms with van der Waals surface area (Å²) in [6.07, 6.45) is 0.310. The van der Waals surface area contributed by atoms with Crippen molar-refractivity contribution in [3.63, 3.8) is 0 Å². The van der Waals surface area contributed by atoms with Gasteiger partial charge in [0.05, 0.1) is 33.0 Å². The van der Waals surface area contributed by atoms with Crippen LogP contribution in [0.1, 0.15) is 11.1 Å². The standard InChI is InChI=1S/C21H16N6O5/c22-21(28)25-18-7-3-1-5-13(18)11-17(15-6-2-4-8-19(15)25)24-23-16-10-9-14(26(29)30)12-20(16)27(31)32/h1-10,12,23H,11H2,(H2,22,28)/b24-17+. The number of carbonyl (C=O) groups excluding carboxylic acids is 1. The van der Waals surface area contributed by atoms with Crippen LogP contribution in [0, 0.1) is 20.2 Å². The minimum absolute atomic E-state index is 0.00475. The lowest BCUT2D eigenvalue weighted by molar-refractivity contribution is -0.393. The number of rotatable bonds is 4. The van der Waals surface area contributed by atoms with Crippen molar-refractivity contribution >= 4 is 40.2 Å². The summed E-state index contributed by atoms with van der Waals surface area (Å²) in [5, 5.41) is 26.8. The Hall–Kier alpha value is -4.80. The molecule has 11 nitrogen and oxygen atoms in total. The molecule has 0 atom stereocenters. The number of primary amides is 1. The number of fused-ring (bicyclic) bond motifs is 2. The van der Waals surface area contributed by atoms with Crippen molar-refractivity contribution < 1.29 is 14.6 Å². The Morgan fingerprint density at radius 3 is 2.34 bits per heavy atom. The number of nitro benzene ring substituents is 2. The van der Waals surface area contributed by atoms with Gasteiger partial charge in [-0.15, -0.1) is 0 Å². The first-order valence-corrected chi connectivity index (χ1v) is 9.39. The molecule has 0 unspecified atom stereocenters. The predicted molar refractivity (Wildman–Crippen MR) is 118 cm³/mol. The van der Waals surface area contributed by atoms with Crippen molar-refractivity contribution in [1.29, 1.82) is 0 Å². The molecule has 1 aliphatic heterocycles. The van der Waals surface area contributed by atoms with Crippen LogP contribution in [0.2, 0.25) is 0 Å². The number of hydrogen-bond donors (Lipinski definition) is 2. The van der Waals surface area contributed by atoms with E-state index < -0.39 is 27.3 Å². The first-order valence-electron chi connectivity index (χ1n) is 9.39. The average Bonchev–Trinajstić information content (AvgIpc) is 2.91. The highest BCUT2D eigenvalue weighted by molar-refractivity contribution is 6.14. The fraction of sp³-hybridized carbons (Fsp3) is 0.0476. The third-order valence-corrected chi connectivity index (χ3v) is 4.97. The van der Waals surface area contributed by atoms with E-state index in [0.717, 1.165) is 17.7 Å². The van der Waals surface area contributed by atoms with Gasteiger partial charge in [-0.05, 0) is 23.8 Å². The zero-order chi connectivity index (χ0) is 22.8. The molecule has 0 radical (unpaired) electrons. The lowest BCUT2D eigenvalue weighted by Crippen LogP contribution is -2.32. The molecular formula is C21H16N6O5. The number of nitrogens with zero attached hydrogens (tertiary/aromatic N) is 4. The summed E-state index contributed by atoms with van der Waals surface area (Å²) in [6, 6.07) is 16.8. The van der Waals surface area contributed by atoms with Gasteiger partial charge in [0.1, 0.15) is 5.69 Å². The number of hydrazone groups is 1. The van der Waals surface area contributed by atoms with Gasteiger partial charge < -0.3 is 5.73 Å². The molecule has 0 fully saturated rings. The van der Waals surface area contributed by atoms with Gasteiger partial charge in [0.25, 0.3) is 5.69 Å². The number of carbonyl (C=O) groups is 1. The zero-order valence-corrected chi connectivity index (χ0v) is 16.5.